The average Bonchev–Trinajstić information content (AvgIpc) is 2.28. The van der Waals surface area contributed by atoms with Crippen molar-refractivity contribution in [2.24, 2.45) is 7.05 Å². The van der Waals surface area contributed by atoms with Crippen LogP contribution in [0.25, 0.3) is 11.0 Å². The number of hydrogen-bond donors (Lipinski definition) is 1. The maximum absolute atomic E-state index is 9.41. The first-order valence-corrected chi connectivity index (χ1v) is 3.66. The second-order valence-corrected chi connectivity index (χ2v) is 2.78. The molecular weight excluding hydrogens is 154 g/mol. The summed E-state index contributed by atoms with van der Waals surface area (Å²) >= 11 is 0. The molecule has 0 amide bonds. The van der Waals surface area contributed by atoms with Gasteiger partial charge in [0.2, 0.25) is 0 Å². The highest BCUT2D eigenvalue weighted by atomic mass is 16.3. The van der Waals surface area contributed by atoms with Crippen LogP contribution in [0.1, 0.15) is 5.82 Å². The molecule has 0 bridgehead atoms. The molecule has 0 fully saturated rings. The van der Waals surface area contributed by atoms with Crippen LogP contribution in [0.2, 0.25) is 0 Å². The molecule has 0 saturated carbocycles. The third-order valence-corrected chi connectivity index (χ3v) is 1.83. The third kappa shape index (κ3) is 0.845. The minimum absolute atomic E-state index is 0.206. The summed E-state index contributed by atoms with van der Waals surface area (Å²) in [7, 11) is 1.85. The van der Waals surface area contributed by atoms with E-state index in [9.17, 15) is 5.11 Å². The Morgan fingerprint density at radius 3 is 3.00 bits per heavy atom. The number of nitrogens with zero attached hydrogens (tertiary/aromatic N) is 3. The molecule has 0 aromatic carbocycles. The van der Waals surface area contributed by atoms with Crippen LogP contribution in [0.15, 0.2) is 12.4 Å². The van der Waals surface area contributed by atoms with Crippen LogP contribution in [0.5, 0.6) is 5.75 Å². The van der Waals surface area contributed by atoms with E-state index in [0.717, 1.165) is 5.52 Å². The van der Waals surface area contributed by atoms with Crippen molar-refractivity contribution in [2.45, 2.75) is 6.92 Å². The van der Waals surface area contributed by atoms with E-state index in [0.29, 0.717) is 11.3 Å². The zero-order chi connectivity index (χ0) is 8.72. The molecular formula is C8H9N3O. The summed E-state index contributed by atoms with van der Waals surface area (Å²) in [4.78, 5) is 8.15. The van der Waals surface area contributed by atoms with Crippen molar-refractivity contribution in [1.29, 1.82) is 0 Å². The quantitative estimate of drug-likeness (QED) is 0.629. The van der Waals surface area contributed by atoms with E-state index in [-0.39, 0.29) is 5.75 Å². The van der Waals surface area contributed by atoms with Gasteiger partial charge in [0.25, 0.3) is 0 Å². The minimum Gasteiger partial charge on any atom is -0.504 e. The molecule has 2 heterocycles. The molecule has 0 unspecified atom stereocenters. The molecule has 0 spiro atoms. The first-order valence-electron chi connectivity index (χ1n) is 3.66. The standard InChI is InChI=1S/C8H9N3O/c1-5-9-3-6-8(10-5)7(12)4-11(6)2/h3-4,12H,1-2H3. The van der Waals surface area contributed by atoms with E-state index in [1.54, 1.807) is 23.9 Å². The summed E-state index contributed by atoms with van der Waals surface area (Å²) < 4.78 is 1.80. The Balaban J connectivity index is 2.90. The van der Waals surface area contributed by atoms with E-state index < -0.39 is 0 Å². The monoisotopic (exact) mass is 163 g/mol. The SMILES string of the molecule is Cc1ncc2c(n1)c(O)cn2C. The molecule has 0 atom stereocenters. The number of aryl methyl sites for hydroxylation is 2. The van der Waals surface area contributed by atoms with Crippen molar-refractivity contribution in [3.05, 3.63) is 18.2 Å². The van der Waals surface area contributed by atoms with Gasteiger partial charge in [-0.1, -0.05) is 0 Å². The van der Waals surface area contributed by atoms with E-state index in [4.69, 9.17) is 0 Å². The Labute approximate surface area is 69.5 Å². The Morgan fingerprint density at radius 1 is 1.50 bits per heavy atom. The van der Waals surface area contributed by atoms with Crippen LogP contribution >= 0.6 is 0 Å². The van der Waals surface area contributed by atoms with Crippen LogP contribution in [0.4, 0.5) is 0 Å². The van der Waals surface area contributed by atoms with Crippen molar-refractivity contribution in [1.82, 2.24) is 14.5 Å². The Kier molecular flexibility index (Phi) is 1.30. The number of hydrogen-bond acceptors (Lipinski definition) is 3. The van der Waals surface area contributed by atoms with Gasteiger partial charge < -0.3 is 9.67 Å². The van der Waals surface area contributed by atoms with E-state index >= 15 is 0 Å². The smallest absolute Gasteiger partial charge is 0.159 e. The molecule has 0 saturated heterocycles. The number of fused-ring (bicyclic) bond motifs is 1. The molecule has 4 heteroatoms. The summed E-state index contributed by atoms with van der Waals surface area (Å²) in [6.45, 7) is 1.80. The molecule has 0 aliphatic heterocycles. The van der Waals surface area contributed by atoms with Crippen LogP contribution in [-0.2, 0) is 7.05 Å². The Morgan fingerprint density at radius 2 is 2.25 bits per heavy atom. The zero-order valence-electron chi connectivity index (χ0n) is 6.94. The first-order chi connectivity index (χ1) is 5.68. The lowest BCUT2D eigenvalue weighted by Gasteiger charge is -1.94. The predicted octanol–water partition coefficient (Wildman–Crippen LogP) is 0.982. The highest BCUT2D eigenvalue weighted by Crippen LogP contribution is 2.22. The molecule has 12 heavy (non-hydrogen) atoms. The average molecular weight is 163 g/mol. The molecule has 1 N–H and O–H groups in total. The van der Waals surface area contributed by atoms with Crippen LogP contribution in [0.3, 0.4) is 0 Å². The summed E-state index contributed by atoms with van der Waals surface area (Å²) in [5.41, 5.74) is 1.46. The van der Waals surface area contributed by atoms with Gasteiger partial charge in [0, 0.05) is 13.2 Å². The lowest BCUT2D eigenvalue weighted by Crippen LogP contribution is -1.89. The topological polar surface area (TPSA) is 50.9 Å². The summed E-state index contributed by atoms with van der Waals surface area (Å²) in [6.07, 6.45) is 3.33. The second kappa shape index (κ2) is 2.20. The zero-order valence-corrected chi connectivity index (χ0v) is 6.94. The Bertz CT molecular complexity index is 433. The van der Waals surface area contributed by atoms with Crippen molar-refractivity contribution >= 4 is 11.0 Å². The lowest BCUT2D eigenvalue weighted by molar-refractivity contribution is 0.478. The van der Waals surface area contributed by atoms with Crippen molar-refractivity contribution in [2.75, 3.05) is 0 Å². The van der Waals surface area contributed by atoms with Gasteiger partial charge in [-0.25, -0.2) is 9.97 Å². The molecule has 2 rings (SSSR count). The van der Waals surface area contributed by atoms with Gasteiger partial charge >= 0.3 is 0 Å². The fourth-order valence-corrected chi connectivity index (χ4v) is 1.22. The van der Waals surface area contributed by atoms with Crippen LogP contribution in [-0.4, -0.2) is 19.6 Å². The first kappa shape index (κ1) is 7.09. The fourth-order valence-electron chi connectivity index (χ4n) is 1.22. The van der Waals surface area contributed by atoms with Gasteiger partial charge in [-0.2, -0.15) is 0 Å². The number of aromatic nitrogens is 3. The van der Waals surface area contributed by atoms with Gasteiger partial charge in [-0.05, 0) is 6.92 Å². The molecule has 2 aromatic rings. The maximum atomic E-state index is 9.41. The van der Waals surface area contributed by atoms with Gasteiger partial charge in [0.15, 0.2) is 5.75 Å². The summed E-state index contributed by atoms with van der Waals surface area (Å²) in [5.74, 6) is 0.877. The number of aromatic hydroxyl groups is 1. The third-order valence-electron chi connectivity index (χ3n) is 1.83. The van der Waals surface area contributed by atoms with Gasteiger partial charge in [-0.3, -0.25) is 0 Å². The van der Waals surface area contributed by atoms with E-state index in [2.05, 4.69) is 9.97 Å². The van der Waals surface area contributed by atoms with E-state index in [1.807, 2.05) is 7.05 Å². The minimum atomic E-state index is 0.206. The van der Waals surface area contributed by atoms with Crippen LogP contribution < -0.4 is 0 Å². The molecule has 0 aliphatic rings. The highest BCUT2D eigenvalue weighted by molar-refractivity contribution is 5.81. The maximum Gasteiger partial charge on any atom is 0.159 e. The molecule has 2 aromatic heterocycles. The predicted molar refractivity (Wildman–Crippen MR) is 44.9 cm³/mol. The van der Waals surface area contributed by atoms with Crippen molar-refractivity contribution in [3.63, 3.8) is 0 Å². The molecule has 4 nitrogen and oxygen atoms in total. The Hall–Kier alpha value is -1.58. The van der Waals surface area contributed by atoms with Gasteiger partial charge in [0.1, 0.15) is 11.3 Å². The fraction of sp³-hybridized carbons (Fsp3) is 0.250. The molecule has 0 aliphatic carbocycles. The van der Waals surface area contributed by atoms with E-state index in [1.165, 1.54) is 0 Å². The normalized spacial score (nSPS) is 10.8. The highest BCUT2D eigenvalue weighted by Gasteiger charge is 2.06. The van der Waals surface area contributed by atoms with Crippen molar-refractivity contribution < 1.29 is 5.11 Å². The van der Waals surface area contributed by atoms with Crippen molar-refractivity contribution in [3.8, 4) is 5.75 Å². The second-order valence-electron chi connectivity index (χ2n) is 2.78. The number of rotatable bonds is 0. The largest absolute Gasteiger partial charge is 0.504 e. The lowest BCUT2D eigenvalue weighted by atomic mass is 10.4. The van der Waals surface area contributed by atoms with Gasteiger partial charge in [-0.15, -0.1) is 0 Å². The summed E-state index contributed by atoms with van der Waals surface area (Å²) in [6, 6.07) is 0. The summed E-state index contributed by atoms with van der Waals surface area (Å²) in [5, 5.41) is 9.41. The van der Waals surface area contributed by atoms with Gasteiger partial charge in [0.05, 0.1) is 11.7 Å². The van der Waals surface area contributed by atoms with Crippen LogP contribution in [0, 0.1) is 6.92 Å². The molecule has 62 valence electrons. The molecule has 0 radical (unpaired) electrons.